The SMILES string of the molecule is COc1ncccc1C(=O)NCc1cc2n(n1)CCCN(C1CCCCC1)C2. The lowest BCUT2D eigenvalue weighted by Crippen LogP contribution is -2.36. The van der Waals surface area contributed by atoms with Crippen molar-refractivity contribution in [2.75, 3.05) is 13.7 Å². The summed E-state index contributed by atoms with van der Waals surface area (Å²) in [7, 11) is 1.52. The number of carbonyl (C=O) groups is 1. The van der Waals surface area contributed by atoms with Gasteiger partial charge in [-0.1, -0.05) is 19.3 Å². The predicted molar refractivity (Wildman–Crippen MR) is 106 cm³/mol. The fraction of sp³-hybridized carbons (Fsp3) is 0.571. The van der Waals surface area contributed by atoms with Gasteiger partial charge in [-0.05, 0) is 37.5 Å². The summed E-state index contributed by atoms with van der Waals surface area (Å²) in [5.74, 6) is 0.140. The summed E-state index contributed by atoms with van der Waals surface area (Å²) in [5.41, 5.74) is 2.59. The van der Waals surface area contributed by atoms with Gasteiger partial charge in [-0.2, -0.15) is 5.10 Å². The average molecular weight is 383 g/mol. The molecule has 4 rings (SSSR count). The minimum atomic E-state index is -0.197. The highest BCUT2D eigenvalue weighted by Crippen LogP contribution is 2.26. The summed E-state index contributed by atoms with van der Waals surface area (Å²) in [5, 5.41) is 7.67. The second-order valence-electron chi connectivity index (χ2n) is 7.71. The first-order chi connectivity index (χ1) is 13.7. The third-order valence-corrected chi connectivity index (χ3v) is 5.82. The molecule has 150 valence electrons. The Bertz CT molecular complexity index is 813. The zero-order valence-corrected chi connectivity index (χ0v) is 16.6. The van der Waals surface area contributed by atoms with Crippen LogP contribution < -0.4 is 10.1 Å². The first-order valence-corrected chi connectivity index (χ1v) is 10.3. The molecule has 2 aromatic rings. The summed E-state index contributed by atoms with van der Waals surface area (Å²) in [4.78, 5) is 19.2. The number of hydrogen-bond donors (Lipinski definition) is 1. The molecule has 1 aliphatic carbocycles. The molecule has 28 heavy (non-hydrogen) atoms. The van der Waals surface area contributed by atoms with E-state index in [0.717, 1.165) is 37.8 Å². The highest BCUT2D eigenvalue weighted by Gasteiger charge is 2.24. The molecular weight excluding hydrogens is 354 g/mol. The number of nitrogens with zero attached hydrogens (tertiary/aromatic N) is 4. The van der Waals surface area contributed by atoms with Crippen molar-refractivity contribution in [2.24, 2.45) is 0 Å². The van der Waals surface area contributed by atoms with Crippen molar-refractivity contribution in [1.29, 1.82) is 0 Å². The van der Waals surface area contributed by atoms with Crippen molar-refractivity contribution in [3.05, 3.63) is 41.3 Å². The molecule has 1 aliphatic heterocycles. The van der Waals surface area contributed by atoms with Crippen molar-refractivity contribution >= 4 is 5.91 Å². The first kappa shape index (κ1) is 18.9. The molecule has 7 nitrogen and oxygen atoms in total. The number of methoxy groups -OCH3 is 1. The number of carbonyl (C=O) groups excluding carboxylic acids is 1. The van der Waals surface area contributed by atoms with E-state index in [2.05, 4.69) is 25.9 Å². The van der Waals surface area contributed by atoms with Crippen molar-refractivity contribution < 1.29 is 9.53 Å². The van der Waals surface area contributed by atoms with Gasteiger partial charge in [0, 0.05) is 31.9 Å². The Labute approximate surface area is 166 Å². The van der Waals surface area contributed by atoms with Crippen LogP contribution in [0.2, 0.25) is 0 Å². The Balaban J connectivity index is 1.40. The van der Waals surface area contributed by atoms with Crippen LogP contribution in [0, 0.1) is 0 Å². The number of amides is 1. The summed E-state index contributed by atoms with van der Waals surface area (Å²) >= 11 is 0. The topological polar surface area (TPSA) is 72.3 Å². The number of pyridine rings is 1. The van der Waals surface area contributed by atoms with Gasteiger partial charge < -0.3 is 10.1 Å². The summed E-state index contributed by atoms with van der Waals surface area (Å²) in [6.45, 7) is 3.46. The second-order valence-corrected chi connectivity index (χ2v) is 7.71. The third-order valence-electron chi connectivity index (χ3n) is 5.82. The lowest BCUT2D eigenvalue weighted by molar-refractivity contribution is 0.0946. The van der Waals surface area contributed by atoms with E-state index < -0.39 is 0 Å². The highest BCUT2D eigenvalue weighted by atomic mass is 16.5. The maximum absolute atomic E-state index is 12.5. The minimum Gasteiger partial charge on any atom is -0.480 e. The maximum atomic E-state index is 12.5. The van der Waals surface area contributed by atoms with Gasteiger partial charge in [0.1, 0.15) is 5.56 Å². The Morgan fingerprint density at radius 3 is 2.93 bits per heavy atom. The van der Waals surface area contributed by atoms with Crippen LogP contribution in [0.15, 0.2) is 24.4 Å². The first-order valence-electron chi connectivity index (χ1n) is 10.3. The number of nitrogens with one attached hydrogen (secondary N) is 1. The van der Waals surface area contributed by atoms with Crippen molar-refractivity contribution in [2.45, 2.75) is 64.2 Å². The van der Waals surface area contributed by atoms with Crippen molar-refractivity contribution in [3.8, 4) is 5.88 Å². The average Bonchev–Trinajstić information content (AvgIpc) is 3.02. The molecule has 0 saturated heterocycles. The van der Waals surface area contributed by atoms with E-state index in [0.29, 0.717) is 18.0 Å². The number of aryl methyl sites for hydroxylation is 1. The fourth-order valence-electron chi connectivity index (χ4n) is 4.38. The number of ether oxygens (including phenoxy) is 1. The van der Waals surface area contributed by atoms with Gasteiger partial charge in [0.25, 0.3) is 5.91 Å². The molecule has 1 saturated carbocycles. The summed E-state index contributed by atoms with van der Waals surface area (Å²) in [6, 6.07) is 6.31. The monoisotopic (exact) mass is 383 g/mol. The largest absolute Gasteiger partial charge is 0.480 e. The molecule has 0 unspecified atom stereocenters. The lowest BCUT2D eigenvalue weighted by Gasteiger charge is -2.33. The number of rotatable bonds is 5. The fourth-order valence-corrected chi connectivity index (χ4v) is 4.38. The molecule has 0 bridgehead atoms. The zero-order valence-electron chi connectivity index (χ0n) is 16.6. The molecule has 2 aliphatic rings. The van der Waals surface area contributed by atoms with Crippen LogP contribution in [0.3, 0.4) is 0 Å². The predicted octanol–water partition coefficient (Wildman–Crippen LogP) is 2.76. The molecule has 2 aromatic heterocycles. The number of fused-ring (bicyclic) bond motifs is 1. The highest BCUT2D eigenvalue weighted by molar-refractivity contribution is 5.96. The van der Waals surface area contributed by atoms with Gasteiger partial charge in [-0.25, -0.2) is 4.98 Å². The number of hydrogen-bond acceptors (Lipinski definition) is 5. The normalized spacial score (nSPS) is 18.3. The molecule has 0 aromatic carbocycles. The zero-order chi connectivity index (χ0) is 19.3. The molecular formula is C21H29N5O2. The second kappa shape index (κ2) is 8.73. The lowest BCUT2D eigenvalue weighted by atomic mass is 9.94. The van der Waals surface area contributed by atoms with Gasteiger partial charge in [0.2, 0.25) is 5.88 Å². The summed E-state index contributed by atoms with van der Waals surface area (Å²) < 4.78 is 7.29. The van der Waals surface area contributed by atoms with Gasteiger partial charge in [0.05, 0.1) is 25.0 Å². The van der Waals surface area contributed by atoms with E-state index in [-0.39, 0.29) is 5.91 Å². The molecule has 1 amide bonds. The third kappa shape index (κ3) is 4.19. The summed E-state index contributed by atoms with van der Waals surface area (Å²) in [6.07, 6.45) is 9.48. The van der Waals surface area contributed by atoms with E-state index >= 15 is 0 Å². The van der Waals surface area contributed by atoms with E-state index in [1.165, 1.54) is 44.9 Å². The molecule has 1 N–H and O–H groups in total. The molecule has 7 heteroatoms. The van der Waals surface area contributed by atoms with Gasteiger partial charge in [-0.15, -0.1) is 0 Å². The van der Waals surface area contributed by atoms with Crippen LogP contribution in [-0.2, 0) is 19.6 Å². The van der Waals surface area contributed by atoms with E-state index in [9.17, 15) is 4.79 Å². The Hall–Kier alpha value is -2.41. The number of aromatic nitrogens is 3. The molecule has 0 spiro atoms. The molecule has 0 radical (unpaired) electrons. The van der Waals surface area contributed by atoms with Crippen molar-refractivity contribution in [3.63, 3.8) is 0 Å². The van der Waals surface area contributed by atoms with E-state index in [1.807, 2.05) is 0 Å². The molecule has 0 atom stereocenters. The van der Waals surface area contributed by atoms with Crippen molar-refractivity contribution in [1.82, 2.24) is 25.0 Å². The van der Waals surface area contributed by atoms with E-state index in [1.54, 1.807) is 18.3 Å². The minimum absolute atomic E-state index is 0.197. The van der Waals surface area contributed by atoms with Crippen LogP contribution in [-0.4, -0.2) is 45.3 Å². The van der Waals surface area contributed by atoms with Crippen LogP contribution in [0.1, 0.15) is 60.3 Å². The quantitative estimate of drug-likeness (QED) is 0.860. The maximum Gasteiger partial charge on any atom is 0.257 e. The van der Waals surface area contributed by atoms with Crippen LogP contribution >= 0.6 is 0 Å². The van der Waals surface area contributed by atoms with Gasteiger partial charge >= 0.3 is 0 Å². The molecule has 1 fully saturated rings. The Morgan fingerprint density at radius 2 is 2.11 bits per heavy atom. The van der Waals surface area contributed by atoms with Gasteiger partial charge in [0.15, 0.2) is 0 Å². The Kier molecular flexibility index (Phi) is 5.90. The van der Waals surface area contributed by atoms with Crippen LogP contribution in [0.4, 0.5) is 0 Å². The Morgan fingerprint density at radius 1 is 1.25 bits per heavy atom. The van der Waals surface area contributed by atoms with Gasteiger partial charge in [-0.3, -0.25) is 14.4 Å². The standard InChI is InChI=1S/C21H29N5O2/c1-28-21-19(9-5-10-22-21)20(27)23-14-16-13-18-15-25(11-6-12-26(18)24-16)17-7-3-2-4-8-17/h5,9-10,13,17H,2-4,6-8,11-12,14-15H2,1H3,(H,23,27). The van der Waals surface area contributed by atoms with Crippen LogP contribution in [0.25, 0.3) is 0 Å². The van der Waals surface area contributed by atoms with Crippen LogP contribution in [0.5, 0.6) is 5.88 Å². The smallest absolute Gasteiger partial charge is 0.257 e. The molecule has 3 heterocycles. The van der Waals surface area contributed by atoms with E-state index in [4.69, 9.17) is 9.84 Å².